The lowest BCUT2D eigenvalue weighted by atomic mass is 10.1. The third kappa shape index (κ3) is 3.34. The van der Waals surface area contributed by atoms with Crippen LogP contribution >= 0.6 is 11.3 Å². The van der Waals surface area contributed by atoms with Gasteiger partial charge in [0.15, 0.2) is 0 Å². The molecule has 0 saturated heterocycles. The summed E-state index contributed by atoms with van der Waals surface area (Å²) in [5.41, 5.74) is 1.27. The Morgan fingerprint density at radius 3 is 2.67 bits per heavy atom. The second kappa shape index (κ2) is 6.57. The number of nitrogens with one attached hydrogen (secondary N) is 1. The summed E-state index contributed by atoms with van der Waals surface area (Å²) >= 11 is 1.80. The monoisotopic (exact) mass is 261 g/mol. The van der Waals surface area contributed by atoms with Crippen LogP contribution in [0, 0.1) is 0 Å². The molecule has 0 bridgehead atoms. The standard InChI is InChI=1S/C15H19NOS/c1-3-12-6-4-5-7-15(12)17-11-14-9-8-13(18-14)10-16-2/h4-9,16H,3,10-11H2,1-2H3. The van der Waals surface area contributed by atoms with Crippen molar-refractivity contribution in [3.05, 3.63) is 51.7 Å². The van der Waals surface area contributed by atoms with Gasteiger partial charge in [0.25, 0.3) is 0 Å². The van der Waals surface area contributed by atoms with E-state index in [9.17, 15) is 0 Å². The number of rotatable bonds is 6. The first-order chi connectivity index (χ1) is 8.83. The summed E-state index contributed by atoms with van der Waals surface area (Å²) in [6.07, 6.45) is 1.01. The van der Waals surface area contributed by atoms with Crippen molar-refractivity contribution in [2.24, 2.45) is 0 Å². The smallest absolute Gasteiger partial charge is 0.123 e. The van der Waals surface area contributed by atoms with Gasteiger partial charge >= 0.3 is 0 Å². The summed E-state index contributed by atoms with van der Waals surface area (Å²) in [7, 11) is 1.97. The van der Waals surface area contributed by atoms with Crippen LogP contribution in [0.2, 0.25) is 0 Å². The normalized spacial score (nSPS) is 10.6. The number of hydrogen-bond acceptors (Lipinski definition) is 3. The van der Waals surface area contributed by atoms with Crippen LogP contribution in [0.1, 0.15) is 22.2 Å². The van der Waals surface area contributed by atoms with Gasteiger partial charge in [0.2, 0.25) is 0 Å². The molecule has 3 heteroatoms. The van der Waals surface area contributed by atoms with E-state index in [1.165, 1.54) is 15.3 Å². The van der Waals surface area contributed by atoms with E-state index < -0.39 is 0 Å². The lowest BCUT2D eigenvalue weighted by Gasteiger charge is -2.08. The molecule has 0 saturated carbocycles. The van der Waals surface area contributed by atoms with Crippen LogP contribution in [0.5, 0.6) is 5.75 Å². The molecular weight excluding hydrogens is 242 g/mol. The highest BCUT2D eigenvalue weighted by atomic mass is 32.1. The van der Waals surface area contributed by atoms with Crippen molar-refractivity contribution in [2.75, 3.05) is 7.05 Å². The van der Waals surface area contributed by atoms with Crippen LogP contribution in [-0.2, 0) is 19.6 Å². The Morgan fingerprint density at radius 1 is 1.11 bits per heavy atom. The minimum absolute atomic E-state index is 0.658. The highest BCUT2D eigenvalue weighted by Gasteiger charge is 2.03. The number of benzene rings is 1. The van der Waals surface area contributed by atoms with Gasteiger partial charge in [-0.3, -0.25) is 0 Å². The quantitative estimate of drug-likeness (QED) is 0.857. The molecule has 2 rings (SSSR count). The summed E-state index contributed by atoms with van der Waals surface area (Å²) in [5.74, 6) is 1.00. The van der Waals surface area contributed by atoms with Gasteiger partial charge in [0.1, 0.15) is 12.4 Å². The van der Waals surface area contributed by atoms with Crippen LogP contribution in [0.3, 0.4) is 0 Å². The topological polar surface area (TPSA) is 21.3 Å². The molecule has 0 aliphatic carbocycles. The Kier molecular flexibility index (Phi) is 4.79. The van der Waals surface area contributed by atoms with Crippen LogP contribution in [0.25, 0.3) is 0 Å². The average Bonchev–Trinajstić information content (AvgIpc) is 2.85. The Morgan fingerprint density at radius 2 is 1.89 bits per heavy atom. The maximum atomic E-state index is 5.90. The predicted octanol–water partition coefficient (Wildman–Crippen LogP) is 3.61. The van der Waals surface area contributed by atoms with Crippen molar-refractivity contribution in [2.45, 2.75) is 26.5 Å². The summed E-state index contributed by atoms with van der Waals surface area (Å²) in [4.78, 5) is 2.62. The van der Waals surface area contributed by atoms with Gasteiger partial charge in [0.05, 0.1) is 0 Å². The molecule has 0 aliphatic rings. The first-order valence-electron chi connectivity index (χ1n) is 6.26. The van der Waals surface area contributed by atoms with Gasteiger partial charge in [-0.05, 0) is 37.2 Å². The molecule has 0 atom stereocenters. The predicted molar refractivity (Wildman–Crippen MR) is 77.2 cm³/mol. The van der Waals surface area contributed by atoms with Gasteiger partial charge < -0.3 is 10.1 Å². The summed E-state index contributed by atoms with van der Waals surface area (Å²) in [6, 6.07) is 12.5. The van der Waals surface area contributed by atoms with E-state index >= 15 is 0 Å². The lowest BCUT2D eigenvalue weighted by Crippen LogP contribution is -2.02. The molecule has 18 heavy (non-hydrogen) atoms. The zero-order valence-electron chi connectivity index (χ0n) is 10.9. The summed E-state index contributed by atoms with van der Waals surface area (Å²) < 4.78 is 5.90. The summed E-state index contributed by atoms with van der Waals surface area (Å²) in [6.45, 7) is 3.74. The van der Waals surface area contributed by atoms with Crippen molar-refractivity contribution in [1.29, 1.82) is 0 Å². The minimum Gasteiger partial charge on any atom is -0.488 e. The van der Waals surface area contributed by atoms with Crippen molar-refractivity contribution in [3.8, 4) is 5.75 Å². The third-order valence-corrected chi connectivity index (χ3v) is 3.85. The van der Waals surface area contributed by atoms with E-state index in [0.717, 1.165) is 18.7 Å². The highest BCUT2D eigenvalue weighted by Crippen LogP contribution is 2.22. The zero-order valence-corrected chi connectivity index (χ0v) is 11.7. The van der Waals surface area contributed by atoms with Crippen molar-refractivity contribution in [3.63, 3.8) is 0 Å². The van der Waals surface area contributed by atoms with Gasteiger partial charge in [0, 0.05) is 16.3 Å². The van der Waals surface area contributed by atoms with Crippen molar-refractivity contribution in [1.82, 2.24) is 5.32 Å². The second-order valence-corrected chi connectivity index (χ2v) is 5.40. The van der Waals surface area contributed by atoms with Gasteiger partial charge in [-0.25, -0.2) is 0 Å². The molecule has 96 valence electrons. The molecule has 0 amide bonds. The van der Waals surface area contributed by atoms with Gasteiger partial charge in [-0.15, -0.1) is 11.3 Å². The Bertz CT molecular complexity index is 493. The SMILES string of the molecule is CCc1ccccc1OCc1ccc(CNC)s1. The fraction of sp³-hybridized carbons (Fsp3) is 0.333. The molecule has 1 heterocycles. The van der Waals surface area contributed by atoms with Crippen LogP contribution in [0.15, 0.2) is 36.4 Å². The Hall–Kier alpha value is -1.32. The number of para-hydroxylation sites is 1. The number of thiophene rings is 1. The number of hydrogen-bond donors (Lipinski definition) is 1. The van der Waals surface area contributed by atoms with E-state index in [4.69, 9.17) is 4.74 Å². The van der Waals surface area contributed by atoms with Gasteiger partial charge in [-0.2, -0.15) is 0 Å². The van der Waals surface area contributed by atoms with Crippen LogP contribution < -0.4 is 10.1 Å². The molecule has 0 unspecified atom stereocenters. The van der Waals surface area contributed by atoms with E-state index in [0.29, 0.717) is 6.61 Å². The van der Waals surface area contributed by atoms with Crippen LogP contribution in [-0.4, -0.2) is 7.05 Å². The maximum Gasteiger partial charge on any atom is 0.123 e. The molecule has 1 aromatic heterocycles. The van der Waals surface area contributed by atoms with E-state index in [-0.39, 0.29) is 0 Å². The molecule has 1 N–H and O–H groups in total. The molecule has 2 aromatic rings. The van der Waals surface area contributed by atoms with E-state index in [1.54, 1.807) is 11.3 Å². The molecular formula is C15H19NOS. The molecule has 0 aliphatic heterocycles. The van der Waals surface area contributed by atoms with Crippen molar-refractivity contribution >= 4 is 11.3 Å². The minimum atomic E-state index is 0.658. The highest BCUT2D eigenvalue weighted by molar-refractivity contribution is 7.11. The van der Waals surface area contributed by atoms with E-state index in [2.05, 4.69) is 36.5 Å². The fourth-order valence-corrected chi connectivity index (χ4v) is 2.80. The third-order valence-electron chi connectivity index (χ3n) is 2.79. The van der Waals surface area contributed by atoms with Crippen molar-refractivity contribution < 1.29 is 4.74 Å². The molecule has 1 aromatic carbocycles. The zero-order chi connectivity index (χ0) is 12.8. The second-order valence-electron chi connectivity index (χ2n) is 4.15. The molecule has 0 fully saturated rings. The van der Waals surface area contributed by atoms with Gasteiger partial charge in [-0.1, -0.05) is 25.1 Å². The first-order valence-corrected chi connectivity index (χ1v) is 7.08. The maximum absolute atomic E-state index is 5.90. The molecule has 0 radical (unpaired) electrons. The van der Waals surface area contributed by atoms with E-state index in [1.807, 2.05) is 19.2 Å². The average molecular weight is 261 g/mol. The molecule has 2 nitrogen and oxygen atoms in total. The fourth-order valence-electron chi connectivity index (χ4n) is 1.85. The summed E-state index contributed by atoms with van der Waals surface area (Å²) in [5, 5.41) is 3.16. The van der Waals surface area contributed by atoms with Crippen LogP contribution in [0.4, 0.5) is 0 Å². The largest absolute Gasteiger partial charge is 0.488 e. The lowest BCUT2D eigenvalue weighted by molar-refractivity contribution is 0.306. The first kappa shape index (κ1) is 13.1. The Labute approximate surface area is 113 Å². The Balaban J connectivity index is 1.97. The number of ether oxygens (including phenoxy) is 1. The molecule has 0 spiro atoms. The number of aryl methyl sites for hydroxylation is 1.